The molecule has 0 aliphatic rings. The van der Waals surface area contributed by atoms with Crippen molar-refractivity contribution in [1.29, 1.82) is 0 Å². The Morgan fingerprint density at radius 2 is 2.00 bits per heavy atom. The van der Waals surface area contributed by atoms with Crippen LogP contribution < -0.4 is 5.32 Å². The Morgan fingerprint density at radius 1 is 1.15 bits per heavy atom. The van der Waals surface area contributed by atoms with Crippen LogP contribution in [-0.4, -0.2) is 10.9 Å². The van der Waals surface area contributed by atoms with Gasteiger partial charge >= 0.3 is 0 Å². The van der Waals surface area contributed by atoms with Crippen LogP contribution in [0.4, 0.5) is 10.1 Å². The fourth-order valence-corrected chi connectivity index (χ4v) is 2.13. The van der Waals surface area contributed by atoms with Crippen LogP contribution in [0.25, 0.3) is 10.9 Å². The highest BCUT2D eigenvalue weighted by Crippen LogP contribution is 2.19. The molecular weight excluding hydrogens is 255 g/mol. The van der Waals surface area contributed by atoms with Crippen LogP contribution in [0.15, 0.2) is 48.7 Å². The lowest BCUT2D eigenvalue weighted by Crippen LogP contribution is -2.13. The first-order chi connectivity index (χ1) is 9.63. The van der Waals surface area contributed by atoms with E-state index in [-0.39, 0.29) is 5.56 Å². The Hall–Kier alpha value is -2.62. The second-order valence-electron chi connectivity index (χ2n) is 4.72. The molecule has 1 amide bonds. The first kappa shape index (κ1) is 12.4. The van der Waals surface area contributed by atoms with E-state index in [1.54, 1.807) is 19.1 Å². The summed E-state index contributed by atoms with van der Waals surface area (Å²) < 4.78 is 13.7. The standard InChI is InChI=1S/C16H13FN2O/c1-10-2-4-13(14(17)8-10)16(20)19-12-3-5-15-11(9-12)6-7-18-15/h2-9,18H,1H3,(H,19,20). The van der Waals surface area contributed by atoms with Gasteiger partial charge in [0.1, 0.15) is 5.82 Å². The molecule has 0 radical (unpaired) electrons. The first-order valence-electron chi connectivity index (χ1n) is 6.28. The molecule has 2 N–H and O–H groups in total. The number of hydrogen-bond acceptors (Lipinski definition) is 1. The number of aromatic amines is 1. The number of anilines is 1. The quantitative estimate of drug-likeness (QED) is 0.728. The van der Waals surface area contributed by atoms with Crippen LogP contribution in [0.5, 0.6) is 0 Å². The van der Waals surface area contributed by atoms with Gasteiger partial charge in [0.2, 0.25) is 0 Å². The molecule has 0 unspecified atom stereocenters. The molecule has 3 aromatic rings. The molecule has 100 valence electrons. The Labute approximate surface area is 115 Å². The maximum absolute atomic E-state index is 13.7. The Kier molecular flexibility index (Phi) is 2.99. The molecule has 3 nitrogen and oxygen atoms in total. The topological polar surface area (TPSA) is 44.9 Å². The van der Waals surface area contributed by atoms with Crippen LogP contribution in [0.3, 0.4) is 0 Å². The lowest BCUT2D eigenvalue weighted by molar-refractivity contribution is 0.102. The Morgan fingerprint density at radius 3 is 2.80 bits per heavy atom. The van der Waals surface area contributed by atoms with Crippen molar-refractivity contribution in [3.63, 3.8) is 0 Å². The summed E-state index contributed by atoms with van der Waals surface area (Å²) in [6.07, 6.45) is 1.83. The number of H-pyrrole nitrogens is 1. The van der Waals surface area contributed by atoms with E-state index in [0.717, 1.165) is 16.5 Å². The fourth-order valence-electron chi connectivity index (χ4n) is 2.13. The summed E-state index contributed by atoms with van der Waals surface area (Å²) in [5, 5.41) is 3.70. The summed E-state index contributed by atoms with van der Waals surface area (Å²) in [5.41, 5.74) is 2.46. The van der Waals surface area contributed by atoms with E-state index >= 15 is 0 Å². The number of carbonyl (C=O) groups is 1. The minimum absolute atomic E-state index is 0.0461. The highest BCUT2D eigenvalue weighted by atomic mass is 19.1. The van der Waals surface area contributed by atoms with Crippen molar-refractivity contribution in [3.8, 4) is 0 Å². The van der Waals surface area contributed by atoms with Crippen molar-refractivity contribution in [2.75, 3.05) is 5.32 Å². The number of aromatic nitrogens is 1. The monoisotopic (exact) mass is 268 g/mol. The van der Waals surface area contributed by atoms with Crippen molar-refractivity contribution in [2.24, 2.45) is 0 Å². The molecule has 3 rings (SSSR count). The lowest BCUT2D eigenvalue weighted by Gasteiger charge is -2.07. The van der Waals surface area contributed by atoms with E-state index in [1.165, 1.54) is 12.1 Å². The van der Waals surface area contributed by atoms with Crippen molar-refractivity contribution >= 4 is 22.5 Å². The number of fused-ring (bicyclic) bond motifs is 1. The summed E-state index contributed by atoms with van der Waals surface area (Å²) >= 11 is 0. The second-order valence-corrected chi connectivity index (χ2v) is 4.72. The van der Waals surface area contributed by atoms with Crippen LogP contribution in [0.1, 0.15) is 15.9 Å². The van der Waals surface area contributed by atoms with E-state index in [1.807, 2.05) is 24.4 Å². The zero-order valence-electron chi connectivity index (χ0n) is 10.9. The van der Waals surface area contributed by atoms with Gasteiger partial charge in [0.25, 0.3) is 5.91 Å². The molecule has 1 heterocycles. The van der Waals surface area contributed by atoms with Gasteiger partial charge in [-0.25, -0.2) is 4.39 Å². The SMILES string of the molecule is Cc1ccc(C(=O)Nc2ccc3[nH]ccc3c2)c(F)c1. The molecule has 4 heteroatoms. The number of benzene rings is 2. The van der Waals surface area contributed by atoms with Crippen LogP contribution in [-0.2, 0) is 0 Å². The smallest absolute Gasteiger partial charge is 0.258 e. The third-order valence-electron chi connectivity index (χ3n) is 3.18. The van der Waals surface area contributed by atoms with Crippen molar-refractivity contribution < 1.29 is 9.18 Å². The molecule has 2 aromatic carbocycles. The maximum Gasteiger partial charge on any atom is 0.258 e. The van der Waals surface area contributed by atoms with Gasteiger partial charge in [-0.05, 0) is 48.9 Å². The van der Waals surface area contributed by atoms with Crippen LogP contribution >= 0.6 is 0 Å². The Bertz CT molecular complexity index is 792. The highest BCUT2D eigenvalue weighted by Gasteiger charge is 2.12. The highest BCUT2D eigenvalue weighted by molar-refractivity contribution is 6.05. The number of hydrogen-bond donors (Lipinski definition) is 2. The number of nitrogens with one attached hydrogen (secondary N) is 2. The van der Waals surface area contributed by atoms with Gasteiger partial charge in [-0.15, -0.1) is 0 Å². The van der Waals surface area contributed by atoms with Gasteiger partial charge in [-0.2, -0.15) is 0 Å². The van der Waals surface area contributed by atoms with Crippen molar-refractivity contribution in [2.45, 2.75) is 6.92 Å². The molecular formula is C16H13FN2O. The number of rotatable bonds is 2. The zero-order valence-corrected chi connectivity index (χ0v) is 10.9. The molecule has 1 aromatic heterocycles. The third kappa shape index (κ3) is 2.28. The van der Waals surface area contributed by atoms with Crippen molar-refractivity contribution in [1.82, 2.24) is 4.98 Å². The molecule has 0 aliphatic carbocycles. The van der Waals surface area contributed by atoms with Gasteiger partial charge in [0.15, 0.2) is 0 Å². The summed E-state index contributed by atoms with van der Waals surface area (Å²) in [5.74, 6) is -0.956. The summed E-state index contributed by atoms with van der Waals surface area (Å²) in [6.45, 7) is 1.78. The molecule has 0 fully saturated rings. The van der Waals surface area contributed by atoms with Gasteiger partial charge in [-0.1, -0.05) is 6.07 Å². The van der Waals surface area contributed by atoms with E-state index < -0.39 is 11.7 Å². The zero-order chi connectivity index (χ0) is 14.1. The van der Waals surface area contributed by atoms with E-state index in [4.69, 9.17) is 0 Å². The third-order valence-corrected chi connectivity index (χ3v) is 3.18. The van der Waals surface area contributed by atoms with E-state index in [2.05, 4.69) is 10.3 Å². The average Bonchev–Trinajstić information content (AvgIpc) is 2.85. The number of halogens is 1. The molecule has 0 bridgehead atoms. The van der Waals surface area contributed by atoms with Gasteiger partial charge in [-0.3, -0.25) is 4.79 Å². The summed E-state index contributed by atoms with van der Waals surface area (Å²) in [7, 11) is 0. The number of aryl methyl sites for hydroxylation is 1. The van der Waals surface area contributed by atoms with E-state index in [9.17, 15) is 9.18 Å². The van der Waals surface area contributed by atoms with Crippen LogP contribution in [0, 0.1) is 12.7 Å². The van der Waals surface area contributed by atoms with Crippen LogP contribution in [0.2, 0.25) is 0 Å². The van der Waals surface area contributed by atoms with Gasteiger partial charge in [0.05, 0.1) is 5.56 Å². The molecule has 20 heavy (non-hydrogen) atoms. The predicted molar refractivity (Wildman–Crippen MR) is 77.4 cm³/mol. The van der Waals surface area contributed by atoms with Gasteiger partial charge in [0, 0.05) is 22.8 Å². The normalized spacial score (nSPS) is 10.7. The molecule has 0 aliphatic heterocycles. The molecule has 0 saturated heterocycles. The summed E-state index contributed by atoms with van der Waals surface area (Å²) in [6, 6.07) is 12.0. The number of carbonyl (C=O) groups excluding carboxylic acids is 1. The summed E-state index contributed by atoms with van der Waals surface area (Å²) in [4.78, 5) is 15.1. The predicted octanol–water partition coefficient (Wildman–Crippen LogP) is 3.87. The van der Waals surface area contributed by atoms with Gasteiger partial charge < -0.3 is 10.3 Å². The fraction of sp³-hybridized carbons (Fsp3) is 0.0625. The minimum atomic E-state index is -0.509. The molecule has 0 saturated carbocycles. The molecule has 0 atom stereocenters. The van der Waals surface area contributed by atoms with Crippen molar-refractivity contribution in [3.05, 3.63) is 65.6 Å². The lowest BCUT2D eigenvalue weighted by atomic mass is 10.1. The number of amides is 1. The Balaban J connectivity index is 1.87. The van der Waals surface area contributed by atoms with E-state index in [0.29, 0.717) is 5.69 Å². The first-order valence-corrected chi connectivity index (χ1v) is 6.28. The largest absolute Gasteiger partial charge is 0.361 e. The minimum Gasteiger partial charge on any atom is -0.361 e. The maximum atomic E-state index is 13.7. The molecule has 0 spiro atoms. The second kappa shape index (κ2) is 4.81. The average molecular weight is 268 g/mol.